The lowest BCUT2D eigenvalue weighted by atomic mass is 10.0. The fourth-order valence-corrected chi connectivity index (χ4v) is 2.51. The van der Waals surface area contributed by atoms with Crippen LogP contribution in [-0.4, -0.2) is 0 Å². The molecular formula is C13H7BrCl3F. The van der Waals surface area contributed by atoms with Gasteiger partial charge in [0.05, 0.1) is 19.9 Å². The molecule has 0 aromatic heterocycles. The third kappa shape index (κ3) is 3.00. The van der Waals surface area contributed by atoms with E-state index in [0.29, 0.717) is 14.5 Å². The van der Waals surface area contributed by atoms with Crippen LogP contribution in [0.1, 0.15) is 16.5 Å². The molecule has 0 saturated carbocycles. The Kier molecular flexibility index (Phi) is 4.54. The maximum Gasteiger partial charge on any atom is 0.137 e. The smallest absolute Gasteiger partial charge is 0.137 e. The SMILES string of the molecule is Fc1ccc(C(Cl)c2ccc(Cl)c(Cl)c2)cc1Br. The summed E-state index contributed by atoms with van der Waals surface area (Å²) < 4.78 is 13.5. The van der Waals surface area contributed by atoms with Gasteiger partial charge in [0, 0.05) is 0 Å². The summed E-state index contributed by atoms with van der Waals surface area (Å²) in [6, 6.07) is 9.84. The molecule has 18 heavy (non-hydrogen) atoms. The highest BCUT2D eigenvalue weighted by atomic mass is 79.9. The number of hydrogen-bond acceptors (Lipinski definition) is 0. The van der Waals surface area contributed by atoms with E-state index in [-0.39, 0.29) is 5.82 Å². The van der Waals surface area contributed by atoms with Gasteiger partial charge in [0.2, 0.25) is 0 Å². The zero-order chi connectivity index (χ0) is 13.3. The molecule has 0 spiro atoms. The molecule has 5 heteroatoms. The fraction of sp³-hybridized carbons (Fsp3) is 0.0769. The molecule has 94 valence electrons. The lowest BCUT2D eigenvalue weighted by Gasteiger charge is -2.12. The van der Waals surface area contributed by atoms with Crippen LogP contribution in [0.2, 0.25) is 10.0 Å². The number of alkyl halides is 1. The van der Waals surface area contributed by atoms with E-state index in [4.69, 9.17) is 34.8 Å². The normalized spacial score (nSPS) is 12.5. The summed E-state index contributed by atoms with van der Waals surface area (Å²) in [6.45, 7) is 0. The van der Waals surface area contributed by atoms with Gasteiger partial charge in [0.1, 0.15) is 5.82 Å². The Morgan fingerprint density at radius 2 is 1.56 bits per heavy atom. The predicted octanol–water partition coefficient (Wildman–Crippen LogP) is 6.22. The molecule has 2 aromatic carbocycles. The van der Waals surface area contributed by atoms with Gasteiger partial charge in [-0.1, -0.05) is 35.3 Å². The van der Waals surface area contributed by atoms with E-state index < -0.39 is 5.38 Å². The maximum atomic E-state index is 13.2. The molecule has 0 radical (unpaired) electrons. The first-order valence-electron chi connectivity index (χ1n) is 5.03. The Labute approximate surface area is 128 Å². The molecule has 0 amide bonds. The van der Waals surface area contributed by atoms with Gasteiger partial charge in [0.15, 0.2) is 0 Å². The molecule has 0 N–H and O–H groups in total. The van der Waals surface area contributed by atoms with Crippen LogP contribution in [0.4, 0.5) is 4.39 Å². The maximum absolute atomic E-state index is 13.2. The summed E-state index contributed by atoms with van der Waals surface area (Å²) in [4.78, 5) is 0. The molecule has 1 atom stereocenters. The van der Waals surface area contributed by atoms with Crippen molar-refractivity contribution >= 4 is 50.7 Å². The molecule has 2 aromatic rings. The van der Waals surface area contributed by atoms with Crippen LogP contribution < -0.4 is 0 Å². The second-order valence-corrected chi connectivity index (χ2v) is 5.81. The zero-order valence-corrected chi connectivity index (χ0v) is 12.8. The van der Waals surface area contributed by atoms with Crippen molar-refractivity contribution in [3.8, 4) is 0 Å². The zero-order valence-electron chi connectivity index (χ0n) is 8.93. The molecular weight excluding hydrogens is 361 g/mol. The first-order chi connectivity index (χ1) is 8.49. The van der Waals surface area contributed by atoms with E-state index in [2.05, 4.69) is 15.9 Å². The van der Waals surface area contributed by atoms with Crippen molar-refractivity contribution in [3.63, 3.8) is 0 Å². The van der Waals surface area contributed by atoms with E-state index >= 15 is 0 Å². The van der Waals surface area contributed by atoms with Gasteiger partial charge in [-0.15, -0.1) is 11.6 Å². The minimum atomic E-state index is -0.406. The van der Waals surface area contributed by atoms with Crippen molar-refractivity contribution in [2.75, 3.05) is 0 Å². The quantitative estimate of drug-likeness (QED) is 0.552. The van der Waals surface area contributed by atoms with Crippen LogP contribution in [0.15, 0.2) is 40.9 Å². The molecule has 1 unspecified atom stereocenters. The van der Waals surface area contributed by atoms with E-state index in [1.807, 2.05) is 0 Å². The Bertz CT molecular complexity index is 535. The van der Waals surface area contributed by atoms with Crippen molar-refractivity contribution < 1.29 is 4.39 Å². The van der Waals surface area contributed by atoms with E-state index in [0.717, 1.165) is 11.1 Å². The van der Waals surface area contributed by atoms with Crippen LogP contribution in [0.3, 0.4) is 0 Å². The van der Waals surface area contributed by atoms with Gasteiger partial charge in [-0.05, 0) is 51.3 Å². The topological polar surface area (TPSA) is 0 Å². The summed E-state index contributed by atoms with van der Waals surface area (Å²) in [5, 5.41) is 0.516. The Balaban J connectivity index is 2.37. The van der Waals surface area contributed by atoms with Crippen molar-refractivity contribution in [1.29, 1.82) is 0 Å². The molecule has 0 nitrogen and oxygen atoms in total. The summed E-state index contributed by atoms with van der Waals surface area (Å²) >= 11 is 21.3. The van der Waals surface area contributed by atoms with Crippen molar-refractivity contribution in [3.05, 3.63) is 67.9 Å². The summed E-state index contributed by atoms with van der Waals surface area (Å²) in [5.41, 5.74) is 1.59. The van der Waals surface area contributed by atoms with Crippen molar-refractivity contribution in [2.45, 2.75) is 5.38 Å². The highest BCUT2D eigenvalue weighted by Gasteiger charge is 2.13. The average Bonchev–Trinajstić information content (AvgIpc) is 2.35. The molecule has 0 heterocycles. The van der Waals surface area contributed by atoms with Crippen LogP contribution in [-0.2, 0) is 0 Å². The molecule has 0 fully saturated rings. The third-order valence-corrected chi connectivity index (χ3v) is 4.32. The number of rotatable bonds is 2. The van der Waals surface area contributed by atoms with Gasteiger partial charge in [-0.25, -0.2) is 4.39 Å². The first-order valence-corrected chi connectivity index (χ1v) is 7.01. The summed E-state index contributed by atoms with van der Waals surface area (Å²) in [7, 11) is 0. The molecule has 2 rings (SSSR count). The second-order valence-electron chi connectivity index (χ2n) is 3.71. The molecule has 0 saturated heterocycles. The number of benzene rings is 2. The molecule has 0 bridgehead atoms. The molecule has 0 aliphatic heterocycles. The lowest BCUT2D eigenvalue weighted by molar-refractivity contribution is 0.620. The number of halogens is 5. The van der Waals surface area contributed by atoms with Gasteiger partial charge < -0.3 is 0 Å². The fourth-order valence-electron chi connectivity index (χ4n) is 1.53. The van der Waals surface area contributed by atoms with E-state index in [9.17, 15) is 4.39 Å². The standard InChI is InChI=1S/C13H7BrCl3F/c14-9-5-7(2-4-12(9)18)13(17)8-1-3-10(15)11(16)6-8/h1-6,13H. The van der Waals surface area contributed by atoms with Gasteiger partial charge in [0.25, 0.3) is 0 Å². The summed E-state index contributed by atoms with van der Waals surface area (Å²) in [5.74, 6) is -0.322. The lowest BCUT2D eigenvalue weighted by Crippen LogP contribution is -1.94. The van der Waals surface area contributed by atoms with Crippen molar-refractivity contribution in [1.82, 2.24) is 0 Å². The summed E-state index contributed by atoms with van der Waals surface area (Å²) in [6.07, 6.45) is 0. The number of hydrogen-bond donors (Lipinski definition) is 0. The van der Waals surface area contributed by atoms with Crippen LogP contribution in [0, 0.1) is 5.82 Å². The Hall–Kier alpha value is -0.280. The minimum absolute atomic E-state index is 0.322. The van der Waals surface area contributed by atoms with Gasteiger partial charge in [-0.2, -0.15) is 0 Å². The largest absolute Gasteiger partial charge is 0.206 e. The minimum Gasteiger partial charge on any atom is -0.206 e. The van der Waals surface area contributed by atoms with E-state index in [1.165, 1.54) is 6.07 Å². The third-order valence-electron chi connectivity index (χ3n) is 2.47. The molecule has 0 aliphatic rings. The first kappa shape index (κ1) is 14.1. The van der Waals surface area contributed by atoms with Gasteiger partial charge in [-0.3, -0.25) is 0 Å². The van der Waals surface area contributed by atoms with Crippen molar-refractivity contribution in [2.24, 2.45) is 0 Å². The highest BCUT2D eigenvalue weighted by molar-refractivity contribution is 9.10. The Morgan fingerprint density at radius 3 is 2.17 bits per heavy atom. The molecule has 0 aliphatic carbocycles. The van der Waals surface area contributed by atoms with E-state index in [1.54, 1.807) is 30.3 Å². The van der Waals surface area contributed by atoms with Crippen LogP contribution in [0.25, 0.3) is 0 Å². The Morgan fingerprint density at radius 1 is 0.944 bits per heavy atom. The highest BCUT2D eigenvalue weighted by Crippen LogP contribution is 2.34. The van der Waals surface area contributed by atoms with Crippen LogP contribution in [0.5, 0.6) is 0 Å². The monoisotopic (exact) mass is 366 g/mol. The second kappa shape index (κ2) is 5.79. The van der Waals surface area contributed by atoms with Crippen LogP contribution >= 0.6 is 50.7 Å². The van der Waals surface area contributed by atoms with Gasteiger partial charge >= 0.3 is 0 Å². The average molecular weight is 368 g/mol. The predicted molar refractivity (Wildman–Crippen MR) is 78.3 cm³/mol.